The summed E-state index contributed by atoms with van der Waals surface area (Å²) in [6, 6.07) is 8.23. The van der Waals surface area contributed by atoms with Gasteiger partial charge in [-0.2, -0.15) is 0 Å². The first-order valence-corrected chi connectivity index (χ1v) is 11.1. The molecule has 0 saturated carbocycles. The molecule has 0 aliphatic heterocycles. The van der Waals surface area contributed by atoms with Crippen molar-refractivity contribution < 1.29 is 4.74 Å². The number of hydrogen-bond donors (Lipinski definition) is 0. The van der Waals surface area contributed by atoms with E-state index in [1.165, 1.54) is 0 Å². The zero-order chi connectivity index (χ0) is 12.6. The summed E-state index contributed by atoms with van der Waals surface area (Å²) in [5.74, 6) is 0.932. The van der Waals surface area contributed by atoms with Crippen molar-refractivity contribution in [3.63, 3.8) is 0 Å². The van der Waals surface area contributed by atoms with Crippen LogP contribution in [0.3, 0.4) is 0 Å². The fourth-order valence-electron chi connectivity index (χ4n) is 1.49. The van der Waals surface area contributed by atoms with Crippen molar-refractivity contribution in [3.8, 4) is 5.75 Å². The van der Waals surface area contributed by atoms with Gasteiger partial charge in [-0.1, -0.05) is 37.5 Å². The van der Waals surface area contributed by atoms with Gasteiger partial charge in [0.05, 0.1) is 6.61 Å². The molecule has 0 aliphatic carbocycles. The minimum absolute atomic E-state index is 0.759. The largest absolute Gasteiger partial charge is 0.494 e. The summed E-state index contributed by atoms with van der Waals surface area (Å²) >= 11 is 17.4. The molecule has 0 radical (unpaired) electrons. The van der Waals surface area contributed by atoms with Crippen LogP contribution < -0.4 is 4.74 Å². The molecule has 0 spiro atoms. The zero-order valence-corrected chi connectivity index (χ0v) is 12.9. The molecule has 1 aromatic carbocycles. The Labute approximate surface area is 118 Å². The van der Waals surface area contributed by atoms with Gasteiger partial charge in [0.15, 0.2) is 0 Å². The van der Waals surface area contributed by atoms with Crippen LogP contribution >= 0.6 is 33.2 Å². The number of para-hydroxylation sites is 1. The van der Waals surface area contributed by atoms with E-state index in [9.17, 15) is 0 Å². The molecule has 0 atom stereocenters. The average Bonchev–Trinajstić information content (AvgIpc) is 2.28. The van der Waals surface area contributed by atoms with Crippen molar-refractivity contribution in [2.75, 3.05) is 6.61 Å². The van der Waals surface area contributed by atoms with Crippen molar-refractivity contribution in [1.29, 1.82) is 0 Å². The van der Waals surface area contributed by atoms with E-state index < -0.39 is 6.00 Å². The molecule has 0 N–H and O–H groups in total. The van der Waals surface area contributed by atoms with Crippen LogP contribution in [0.1, 0.15) is 25.7 Å². The molecule has 0 heterocycles. The Morgan fingerprint density at radius 3 is 2.18 bits per heavy atom. The first-order valence-electron chi connectivity index (χ1n) is 5.82. The standard InChI is InChI=1S/C12H17Cl3OSi/c13-17(14,15)11-7-2-1-6-10-16-12-8-4-3-5-9-12/h3-5,8-9H,1-2,6-7,10-11H2. The minimum atomic E-state index is -2.39. The van der Waals surface area contributed by atoms with Gasteiger partial charge in [-0.05, 0) is 24.6 Å². The SMILES string of the molecule is Cl[Si](Cl)(Cl)CCCCCCOc1ccccc1. The molecule has 1 nitrogen and oxygen atoms in total. The van der Waals surface area contributed by atoms with Crippen LogP contribution in [0.4, 0.5) is 0 Å². The molecule has 0 unspecified atom stereocenters. The normalized spacial score (nSPS) is 11.5. The number of benzene rings is 1. The minimum Gasteiger partial charge on any atom is -0.494 e. The highest BCUT2D eigenvalue weighted by atomic mass is 35.8. The summed E-state index contributed by atoms with van der Waals surface area (Å²) < 4.78 is 5.58. The first kappa shape index (κ1) is 15.2. The van der Waals surface area contributed by atoms with Crippen molar-refractivity contribution >= 4 is 39.2 Å². The van der Waals surface area contributed by atoms with E-state index in [4.69, 9.17) is 38.0 Å². The Hall–Kier alpha value is 0.107. The van der Waals surface area contributed by atoms with Crippen LogP contribution in [-0.2, 0) is 0 Å². The van der Waals surface area contributed by atoms with Crippen LogP contribution in [0.2, 0.25) is 6.04 Å². The second-order valence-corrected chi connectivity index (χ2v) is 13.2. The summed E-state index contributed by atoms with van der Waals surface area (Å²) in [7, 11) is 0. The van der Waals surface area contributed by atoms with Gasteiger partial charge in [0, 0.05) is 0 Å². The Bertz CT molecular complexity index is 300. The van der Waals surface area contributed by atoms with Gasteiger partial charge in [-0.15, -0.1) is 33.2 Å². The van der Waals surface area contributed by atoms with Crippen LogP contribution in [0.15, 0.2) is 30.3 Å². The van der Waals surface area contributed by atoms with Crippen LogP contribution in [0, 0.1) is 0 Å². The Morgan fingerprint density at radius 1 is 0.882 bits per heavy atom. The summed E-state index contributed by atoms with van der Waals surface area (Å²) in [6.07, 6.45) is 4.30. The maximum absolute atomic E-state index is 5.80. The number of ether oxygens (including phenoxy) is 1. The lowest BCUT2D eigenvalue weighted by Gasteiger charge is -2.07. The highest BCUT2D eigenvalue weighted by Crippen LogP contribution is 2.27. The number of rotatable bonds is 8. The Morgan fingerprint density at radius 2 is 1.53 bits per heavy atom. The van der Waals surface area contributed by atoms with Gasteiger partial charge in [-0.25, -0.2) is 0 Å². The lowest BCUT2D eigenvalue weighted by Crippen LogP contribution is -2.07. The smallest absolute Gasteiger partial charge is 0.341 e. The van der Waals surface area contributed by atoms with Gasteiger partial charge >= 0.3 is 6.00 Å². The third-order valence-electron chi connectivity index (χ3n) is 2.37. The quantitative estimate of drug-likeness (QED) is 0.360. The third kappa shape index (κ3) is 8.78. The fraction of sp³-hybridized carbons (Fsp3) is 0.500. The van der Waals surface area contributed by atoms with Crippen LogP contribution in [-0.4, -0.2) is 12.6 Å². The second-order valence-electron chi connectivity index (χ2n) is 3.94. The number of hydrogen-bond acceptors (Lipinski definition) is 1. The van der Waals surface area contributed by atoms with Gasteiger partial charge in [0.1, 0.15) is 5.75 Å². The number of halogens is 3. The lowest BCUT2D eigenvalue weighted by molar-refractivity contribution is 0.305. The Kier molecular flexibility index (Phi) is 7.36. The average molecular weight is 312 g/mol. The molecule has 0 amide bonds. The van der Waals surface area contributed by atoms with E-state index in [1.807, 2.05) is 30.3 Å². The summed E-state index contributed by atoms with van der Waals surface area (Å²) in [4.78, 5) is 0. The zero-order valence-electron chi connectivity index (χ0n) is 9.67. The second kappa shape index (κ2) is 8.25. The Balaban J connectivity index is 1.95. The molecule has 1 rings (SSSR count). The molecule has 1 aromatic rings. The van der Waals surface area contributed by atoms with Gasteiger partial charge in [0.25, 0.3) is 0 Å². The predicted octanol–water partition coefficient (Wildman–Crippen LogP) is 5.28. The predicted molar refractivity (Wildman–Crippen MR) is 78.5 cm³/mol. The summed E-state index contributed by atoms with van der Waals surface area (Å²) in [6.45, 7) is 0.759. The van der Waals surface area contributed by atoms with Crippen molar-refractivity contribution in [1.82, 2.24) is 0 Å². The highest BCUT2D eigenvalue weighted by Gasteiger charge is 2.23. The van der Waals surface area contributed by atoms with Crippen molar-refractivity contribution in [2.24, 2.45) is 0 Å². The van der Waals surface area contributed by atoms with Crippen LogP contribution in [0.25, 0.3) is 0 Å². The first-order chi connectivity index (χ1) is 8.08. The molecule has 0 fully saturated rings. The molecule has 0 bridgehead atoms. The van der Waals surface area contributed by atoms with Gasteiger partial charge < -0.3 is 4.74 Å². The van der Waals surface area contributed by atoms with Crippen molar-refractivity contribution in [3.05, 3.63) is 30.3 Å². The molecule has 0 saturated heterocycles. The fourth-order valence-corrected chi connectivity index (χ4v) is 3.34. The molecular weight excluding hydrogens is 295 g/mol. The monoisotopic (exact) mass is 310 g/mol. The van der Waals surface area contributed by atoms with E-state index in [0.29, 0.717) is 0 Å². The summed E-state index contributed by atoms with van der Waals surface area (Å²) in [5.41, 5.74) is 0. The molecule has 17 heavy (non-hydrogen) atoms. The highest BCUT2D eigenvalue weighted by molar-refractivity contribution is 7.64. The lowest BCUT2D eigenvalue weighted by atomic mass is 10.2. The molecule has 96 valence electrons. The number of unbranched alkanes of at least 4 members (excludes halogenated alkanes) is 3. The molecular formula is C12H17Cl3OSi. The summed E-state index contributed by atoms with van der Waals surface area (Å²) in [5, 5.41) is 0. The third-order valence-corrected chi connectivity index (χ3v) is 4.99. The van der Waals surface area contributed by atoms with Crippen molar-refractivity contribution in [2.45, 2.75) is 31.7 Å². The maximum atomic E-state index is 5.80. The van der Waals surface area contributed by atoms with E-state index in [1.54, 1.807) is 0 Å². The van der Waals surface area contributed by atoms with E-state index in [-0.39, 0.29) is 0 Å². The van der Waals surface area contributed by atoms with E-state index >= 15 is 0 Å². The van der Waals surface area contributed by atoms with Gasteiger partial charge in [-0.3, -0.25) is 0 Å². The molecule has 0 aliphatic rings. The van der Waals surface area contributed by atoms with Crippen LogP contribution in [0.5, 0.6) is 5.75 Å². The van der Waals surface area contributed by atoms with Gasteiger partial charge in [0.2, 0.25) is 0 Å². The van der Waals surface area contributed by atoms with E-state index in [2.05, 4.69) is 0 Å². The molecule has 0 aromatic heterocycles. The topological polar surface area (TPSA) is 9.23 Å². The molecule has 5 heteroatoms. The maximum Gasteiger partial charge on any atom is 0.341 e. The van der Waals surface area contributed by atoms with E-state index in [0.717, 1.165) is 44.1 Å².